The predicted molar refractivity (Wildman–Crippen MR) is 75.9 cm³/mol. The normalized spacial score (nSPS) is 9.71. The Hall–Kier alpha value is -1.09. The van der Waals surface area contributed by atoms with E-state index in [0.29, 0.717) is 6.61 Å². The molecule has 0 radical (unpaired) electrons. The Balaban J connectivity index is 0.00000121. The smallest absolute Gasteiger partial charge is 0.330 e. The summed E-state index contributed by atoms with van der Waals surface area (Å²) in [5.41, 5.74) is 2.14. The van der Waals surface area contributed by atoms with Crippen molar-refractivity contribution in [2.45, 2.75) is 27.7 Å². The minimum atomic E-state index is -0.315. The lowest BCUT2D eigenvalue weighted by atomic mass is 10.1. The Morgan fingerprint density at radius 1 is 1.41 bits per heavy atom. The largest absolute Gasteiger partial charge is 0.463 e. The van der Waals surface area contributed by atoms with Crippen LogP contribution < -0.4 is 0 Å². The third-order valence-corrected chi connectivity index (χ3v) is 2.53. The molecule has 1 aromatic carbocycles. The molecule has 0 saturated heterocycles. The van der Waals surface area contributed by atoms with Crippen molar-refractivity contribution >= 4 is 28.0 Å². The second kappa shape index (κ2) is 8.99. The quantitative estimate of drug-likeness (QED) is 0.612. The molecule has 0 amide bonds. The molecule has 0 N–H and O–H groups in total. The van der Waals surface area contributed by atoms with Crippen molar-refractivity contribution < 1.29 is 9.53 Å². The third-order valence-electron chi connectivity index (χ3n) is 1.84. The number of esters is 1. The highest BCUT2D eigenvalue weighted by Gasteiger charge is 1.98. The Labute approximate surface area is 112 Å². The van der Waals surface area contributed by atoms with Crippen LogP contribution in [-0.2, 0) is 9.53 Å². The van der Waals surface area contributed by atoms with E-state index in [-0.39, 0.29) is 5.97 Å². The molecule has 0 aliphatic carbocycles. The van der Waals surface area contributed by atoms with Crippen LogP contribution in [0.25, 0.3) is 6.08 Å². The summed E-state index contributed by atoms with van der Waals surface area (Å²) in [6.07, 6.45) is 3.17. The van der Waals surface area contributed by atoms with Crippen molar-refractivity contribution in [3.8, 4) is 0 Å². The highest BCUT2D eigenvalue weighted by atomic mass is 79.9. The third kappa shape index (κ3) is 6.27. The van der Waals surface area contributed by atoms with Gasteiger partial charge in [0.15, 0.2) is 0 Å². The Bertz CT molecular complexity index is 384. The van der Waals surface area contributed by atoms with Gasteiger partial charge in [0.2, 0.25) is 0 Å². The number of halogens is 1. The molecule has 0 aliphatic rings. The molecule has 0 heterocycles. The van der Waals surface area contributed by atoms with Crippen LogP contribution in [0.4, 0.5) is 0 Å². The van der Waals surface area contributed by atoms with Crippen molar-refractivity contribution in [1.82, 2.24) is 0 Å². The van der Waals surface area contributed by atoms with Gasteiger partial charge in [-0.15, -0.1) is 0 Å². The lowest BCUT2D eigenvalue weighted by molar-refractivity contribution is -0.137. The fourth-order valence-corrected chi connectivity index (χ4v) is 1.74. The van der Waals surface area contributed by atoms with Crippen molar-refractivity contribution in [3.05, 3.63) is 39.9 Å². The average molecular weight is 299 g/mol. The molecule has 1 aromatic rings. The zero-order valence-electron chi connectivity index (χ0n) is 10.8. The van der Waals surface area contributed by atoms with Gasteiger partial charge in [-0.1, -0.05) is 41.9 Å². The number of aryl methyl sites for hydroxylation is 1. The number of hydrogen-bond donors (Lipinski definition) is 0. The van der Waals surface area contributed by atoms with E-state index in [9.17, 15) is 4.79 Å². The molecule has 2 nitrogen and oxygen atoms in total. The fraction of sp³-hybridized carbons (Fsp3) is 0.357. The van der Waals surface area contributed by atoms with E-state index in [4.69, 9.17) is 4.74 Å². The van der Waals surface area contributed by atoms with Crippen LogP contribution in [0.1, 0.15) is 31.9 Å². The predicted octanol–water partition coefficient (Wildman–Crippen LogP) is 4.36. The summed E-state index contributed by atoms with van der Waals surface area (Å²) < 4.78 is 5.76. The van der Waals surface area contributed by atoms with E-state index in [1.807, 2.05) is 39.0 Å². The zero-order valence-corrected chi connectivity index (χ0v) is 12.4. The monoisotopic (exact) mass is 298 g/mol. The number of carbonyl (C=O) groups is 1. The number of rotatable bonds is 3. The summed E-state index contributed by atoms with van der Waals surface area (Å²) in [5, 5.41) is 0. The van der Waals surface area contributed by atoms with E-state index in [1.165, 1.54) is 11.6 Å². The molecule has 0 aromatic heterocycles. The summed E-state index contributed by atoms with van der Waals surface area (Å²) in [5.74, 6) is -0.315. The van der Waals surface area contributed by atoms with E-state index >= 15 is 0 Å². The molecule has 0 bridgehead atoms. The molecular weight excluding hydrogens is 280 g/mol. The molecule has 3 heteroatoms. The van der Waals surface area contributed by atoms with E-state index in [1.54, 1.807) is 13.0 Å². The van der Waals surface area contributed by atoms with Crippen LogP contribution in [0.3, 0.4) is 0 Å². The van der Waals surface area contributed by atoms with Gasteiger partial charge >= 0.3 is 5.97 Å². The first-order valence-corrected chi connectivity index (χ1v) is 6.53. The van der Waals surface area contributed by atoms with Gasteiger partial charge in [-0.25, -0.2) is 4.79 Å². The molecule has 0 spiro atoms. The van der Waals surface area contributed by atoms with Gasteiger partial charge in [0.05, 0.1) is 6.61 Å². The second-order valence-corrected chi connectivity index (χ2v) is 3.96. The minimum absolute atomic E-state index is 0.315. The second-order valence-electron chi connectivity index (χ2n) is 3.11. The molecule has 0 saturated carbocycles. The van der Waals surface area contributed by atoms with Crippen LogP contribution in [0.15, 0.2) is 28.7 Å². The SMILES string of the molecule is CC.CCOC(=O)/C=C/c1ccc(C)cc1Br. The summed E-state index contributed by atoms with van der Waals surface area (Å²) in [6.45, 7) is 8.20. The highest BCUT2D eigenvalue weighted by molar-refractivity contribution is 9.10. The van der Waals surface area contributed by atoms with Gasteiger partial charge in [0.25, 0.3) is 0 Å². The fourth-order valence-electron chi connectivity index (χ4n) is 1.12. The molecule has 0 unspecified atom stereocenters. The van der Waals surface area contributed by atoms with Gasteiger partial charge in [-0.2, -0.15) is 0 Å². The maximum atomic E-state index is 11.1. The number of carbonyl (C=O) groups excluding carboxylic acids is 1. The maximum Gasteiger partial charge on any atom is 0.330 e. The first-order chi connectivity index (χ1) is 8.13. The zero-order chi connectivity index (χ0) is 13.3. The molecular formula is C14H19BrO2. The maximum absolute atomic E-state index is 11.1. The first-order valence-electron chi connectivity index (χ1n) is 5.74. The van der Waals surface area contributed by atoms with E-state index < -0.39 is 0 Å². The van der Waals surface area contributed by atoms with Gasteiger partial charge in [0.1, 0.15) is 0 Å². The summed E-state index contributed by atoms with van der Waals surface area (Å²) in [6, 6.07) is 5.95. The minimum Gasteiger partial charge on any atom is -0.463 e. The Morgan fingerprint density at radius 3 is 2.59 bits per heavy atom. The summed E-state index contributed by atoms with van der Waals surface area (Å²) in [7, 11) is 0. The molecule has 0 atom stereocenters. The number of benzene rings is 1. The molecule has 0 fully saturated rings. The summed E-state index contributed by atoms with van der Waals surface area (Å²) in [4.78, 5) is 11.1. The topological polar surface area (TPSA) is 26.3 Å². The van der Waals surface area contributed by atoms with Crippen LogP contribution in [0.2, 0.25) is 0 Å². The van der Waals surface area contributed by atoms with Crippen LogP contribution in [0, 0.1) is 6.92 Å². The Morgan fingerprint density at radius 2 is 2.06 bits per heavy atom. The Kier molecular flexibility index (Phi) is 8.42. The van der Waals surface area contributed by atoms with Crippen LogP contribution in [0.5, 0.6) is 0 Å². The van der Waals surface area contributed by atoms with Crippen molar-refractivity contribution in [1.29, 1.82) is 0 Å². The first kappa shape index (κ1) is 15.9. The number of ether oxygens (including phenoxy) is 1. The molecule has 0 aliphatic heterocycles. The molecule has 1 rings (SSSR count). The van der Waals surface area contributed by atoms with Crippen molar-refractivity contribution in [2.24, 2.45) is 0 Å². The molecule has 17 heavy (non-hydrogen) atoms. The van der Waals surface area contributed by atoms with Crippen molar-refractivity contribution in [2.75, 3.05) is 6.61 Å². The van der Waals surface area contributed by atoms with Crippen LogP contribution >= 0.6 is 15.9 Å². The highest BCUT2D eigenvalue weighted by Crippen LogP contribution is 2.19. The van der Waals surface area contributed by atoms with E-state index in [2.05, 4.69) is 15.9 Å². The molecule has 94 valence electrons. The summed E-state index contributed by atoms with van der Waals surface area (Å²) >= 11 is 3.43. The van der Waals surface area contributed by atoms with Crippen LogP contribution in [-0.4, -0.2) is 12.6 Å². The van der Waals surface area contributed by atoms with Gasteiger partial charge in [0, 0.05) is 10.5 Å². The van der Waals surface area contributed by atoms with Crippen molar-refractivity contribution in [3.63, 3.8) is 0 Å². The van der Waals surface area contributed by atoms with Gasteiger partial charge < -0.3 is 4.74 Å². The number of hydrogen-bond acceptors (Lipinski definition) is 2. The van der Waals surface area contributed by atoms with Gasteiger partial charge in [-0.3, -0.25) is 0 Å². The standard InChI is InChI=1S/C12H13BrO2.C2H6/c1-3-15-12(14)7-6-10-5-4-9(2)8-11(10)13;1-2/h4-8H,3H2,1-2H3;1-2H3/b7-6+;. The van der Waals surface area contributed by atoms with E-state index in [0.717, 1.165) is 10.0 Å². The average Bonchev–Trinajstić information content (AvgIpc) is 2.31. The lowest BCUT2D eigenvalue weighted by Crippen LogP contribution is -1.98. The van der Waals surface area contributed by atoms with Gasteiger partial charge in [-0.05, 0) is 37.1 Å². The lowest BCUT2D eigenvalue weighted by Gasteiger charge is -2.00.